The van der Waals surface area contributed by atoms with E-state index in [4.69, 9.17) is 22.1 Å². The highest BCUT2D eigenvalue weighted by molar-refractivity contribution is 6.31. The predicted molar refractivity (Wildman–Crippen MR) is 82.2 cm³/mol. The topological polar surface area (TPSA) is 70.1 Å². The molecule has 112 valence electrons. The lowest BCUT2D eigenvalue weighted by atomic mass is 9.93. The van der Waals surface area contributed by atoms with Crippen LogP contribution < -0.4 is 10.5 Å². The number of ether oxygens (including phenoxy) is 1. The van der Waals surface area contributed by atoms with Crippen molar-refractivity contribution < 1.29 is 9.53 Å². The fourth-order valence-electron chi connectivity index (χ4n) is 1.80. The number of amides is 1. The van der Waals surface area contributed by atoms with Crippen molar-refractivity contribution in [2.75, 3.05) is 0 Å². The molecular weight excluding hydrogens is 290 g/mol. The molecule has 0 aliphatic rings. The van der Waals surface area contributed by atoms with E-state index in [1.54, 1.807) is 12.1 Å². The first kappa shape index (κ1) is 15.4. The van der Waals surface area contributed by atoms with Gasteiger partial charge in [0.05, 0.1) is 11.4 Å². The highest BCUT2D eigenvalue weighted by Crippen LogP contribution is 2.29. The molecule has 0 saturated carbocycles. The van der Waals surface area contributed by atoms with Gasteiger partial charge in [-0.1, -0.05) is 38.4 Å². The molecule has 2 aromatic rings. The van der Waals surface area contributed by atoms with E-state index in [2.05, 4.69) is 5.10 Å². The van der Waals surface area contributed by atoms with Gasteiger partial charge in [-0.25, -0.2) is 9.48 Å². The predicted octanol–water partition coefficient (Wildman–Crippen LogP) is 3.59. The van der Waals surface area contributed by atoms with Crippen molar-refractivity contribution >= 4 is 17.7 Å². The average Bonchev–Trinajstić information content (AvgIpc) is 2.75. The van der Waals surface area contributed by atoms with Crippen LogP contribution in [0.25, 0.3) is 5.69 Å². The van der Waals surface area contributed by atoms with E-state index < -0.39 is 6.09 Å². The van der Waals surface area contributed by atoms with Gasteiger partial charge in [-0.2, -0.15) is 5.10 Å². The summed E-state index contributed by atoms with van der Waals surface area (Å²) >= 11 is 6.14. The minimum Gasteiger partial charge on any atom is -0.391 e. The summed E-state index contributed by atoms with van der Waals surface area (Å²) in [7, 11) is 0. The number of halogens is 1. The third-order valence-electron chi connectivity index (χ3n) is 3.05. The molecule has 0 saturated heterocycles. The smallest absolute Gasteiger partial charge is 0.391 e. The van der Waals surface area contributed by atoms with Crippen molar-refractivity contribution in [3.05, 3.63) is 40.5 Å². The summed E-state index contributed by atoms with van der Waals surface area (Å²) in [6.45, 7) is 7.98. The van der Waals surface area contributed by atoms with Gasteiger partial charge in [-0.3, -0.25) is 0 Å². The summed E-state index contributed by atoms with van der Waals surface area (Å²) < 4.78 is 6.57. The molecule has 0 fully saturated rings. The molecule has 1 aromatic carbocycles. The number of benzene rings is 1. The van der Waals surface area contributed by atoms with Crippen LogP contribution in [0, 0.1) is 6.92 Å². The van der Waals surface area contributed by atoms with Crippen LogP contribution in [0.1, 0.15) is 32.0 Å². The number of hydrogen-bond donors (Lipinski definition) is 1. The molecule has 1 heterocycles. The SMILES string of the molecule is Cc1ccc(-n2nc(C(C)(C)C)cc2OC(N)=O)cc1Cl. The second-order valence-corrected chi connectivity index (χ2v) is 6.29. The van der Waals surface area contributed by atoms with E-state index >= 15 is 0 Å². The van der Waals surface area contributed by atoms with E-state index in [9.17, 15) is 4.79 Å². The Morgan fingerprint density at radius 2 is 2.00 bits per heavy atom. The van der Waals surface area contributed by atoms with Crippen molar-refractivity contribution in [3.63, 3.8) is 0 Å². The van der Waals surface area contributed by atoms with Crippen LogP contribution in [-0.4, -0.2) is 15.9 Å². The molecule has 0 atom stereocenters. The van der Waals surface area contributed by atoms with Gasteiger partial charge in [-0.15, -0.1) is 0 Å². The maximum Gasteiger partial charge on any atom is 0.411 e. The summed E-state index contributed by atoms with van der Waals surface area (Å²) in [5, 5.41) is 5.12. The van der Waals surface area contributed by atoms with Crippen molar-refractivity contribution in [1.82, 2.24) is 9.78 Å². The van der Waals surface area contributed by atoms with E-state index in [0.29, 0.717) is 10.7 Å². The molecule has 5 nitrogen and oxygen atoms in total. The van der Waals surface area contributed by atoms with E-state index in [1.807, 2.05) is 39.8 Å². The van der Waals surface area contributed by atoms with Crippen molar-refractivity contribution in [1.29, 1.82) is 0 Å². The van der Waals surface area contributed by atoms with Crippen molar-refractivity contribution in [3.8, 4) is 11.6 Å². The first-order chi connectivity index (χ1) is 9.68. The van der Waals surface area contributed by atoms with Gasteiger partial charge in [0.25, 0.3) is 0 Å². The number of carbonyl (C=O) groups is 1. The summed E-state index contributed by atoms with van der Waals surface area (Å²) in [5.74, 6) is 0.271. The fourth-order valence-corrected chi connectivity index (χ4v) is 1.98. The Bertz CT molecular complexity index is 687. The standard InChI is InChI=1S/C15H18ClN3O2/c1-9-5-6-10(7-11(9)16)19-13(21-14(17)20)8-12(18-19)15(2,3)4/h5-8H,1-4H3,(H2,17,20). The lowest BCUT2D eigenvalue weighted by Crippen LogP contribution is -2.18. The van der Waals surface area contributed by atoms with Crippen LogP contribution in [-0.2, 0) is 5.41 Å². The monoisotopic (exact) mass is 307 g/mol. The van der Waals surface area contributed by atoms with Gasteiger partial charge in [-0.05, 0) is 24.6 Å². The van der Waals surface area contributed by atoms with Crippen molar-refractivity contribution in [2.45, 2.75) is 33.1 Å². The quantitative estimate of drug-likeness (QED) is 0.921. The average molecular weight is 308 g/mol. The zero-order chi connectivity index (χ0) is 15.8. The van der Waals surface area contributed by atoms with Crippen LogP contribution >= 0.6 is 11.6 Å². The van der Waals surface area contributed by atoms with E-state index in [-0.39, 0.29) is 11.3 Å². The van der Waals surface area contributed by atoms with Gasteiger partial charge < -0.3 is 10.5 Å². The summed E-state index contributed by atoms with van der Waals surface area (Å²) in [6, 6.07) is 7.21. The highest BCUT2D eigenvalue weighted by atomic mass is 35.5. The molecule has 2 rings (SSSR count). The number of rotatable bonds is 2. The molecule has 21 heavy (non-hydrogen) atoms. The maximum absolute atomic E-state index is 11.1. The van der Waals surface area contributed by atoms with Gasteiger partial charge >= 0.3 is 6.09 Å². The number of aryl methyl sites for hydroxylation is 1. The Balaban J connectivity index is 2.56. The second-order valence-electron chi connectivity index (χ2n) is 5.88. The van der Waals surface area contributed by atoms with Crippen LogP contribution in [0.2, 0.25) is 5.02 Å². The Hall–Kier alpha value is -2.01. The second kappa shape index (κ2) is 5.41. The summed E-state index contributed by atoms with van der Waals surface area (Å²) in [5.41, 5.74) is 7.38. The Morgan fingerprint density at radius 1 is 1.33 bits per heavy atom. The van der Waals surface area contributed by atoms with Crippen LogP contribution in [0.3, 0.4) is 0 Å². The zero-order valence-electron chi connectivity index (χ0n) is 12.5. The number of nitrogens with zero attached hydrogens (tertiary/aromatic N) is 2. The molecule has 1 amide bonds. The number of primary amides is 1. The van der Waals surface area contributed by atoms with Crippen LogP contribution in [0.15, 0.2) is 24.3 Å². The molecule has 0 aliphatic carbocycles. The first-order valence-electron chi connectivity index (χ1n) is 6.53. The number of hydrogen-bond acceptors (Lipinski definition) is 3. The Labute approximate surface area is 128 Å². The molecule has 0 radical (unpaired) electrons. The normalized spacial score (nSPS) is 11.5. The molecular formula is C15H18ClN3O2. The first-order valence-corrected chi connectivity index (χ1v) is 6.90. The zero-order valence-corrected chi connectivity index (χ0v) is 13.2. The number of nitrogens with two attached hydrogens (primary N) is 1. The van der Waals surface area contributed by atoms with Gasteiger partial charge in [0.1, 0.15) is 0 Å². The van der Waals surface area contributed by atoms with Gasteiger partial charge in [0.2, 0.25) is 5.88 Å². The number of aromatic nitrogens is 2. The van der Waals surface area contributed by atoms with E-state index in [0.717, 1.165) is 11.3 Å². The number of carbonyl (C=O) groups excluding carboxylic acids is 1. The molecule has 1 aromatic heterocycles. The van der Waals surface area contributed by atoms with Gasteiger partial charge in [0, 0.05) is 16.5 Å². The lowest BCUT2D eigenvalue weighted by molar-refractivity contribution is 0.207. The third-order valence-corrected chi connectivity index (χ3v) is 3.46. The fraction of sp³-hybridized carbons (Fsp3) is 0.333. The van der Waals surface area contributed by atoms with Crippen molar-refractivity contribution in [2.24, 2.45) is 5.73 Å². The summed E-state index contributed by atoms with van der Waals surface area (Å²) in [6.07, 6.45) is -0.880. The lowest BCUT2D eigenvalue weighted by Gasteiger charge is -2.14. The minimum atomic E-state index is -0.880. The minimum absolute atomic E-state index is 0.185. The third kappa shape index (κ3) is 3.36. The molecule has 0 aliphatic heterocycles. The maximum atomic E-state index is 11.1. The van der Waals surface area contributed by atoms with Gasteiger partial charge in [0.15, 0.2) is 0 Å². The molecule has 0 bridgehead atoms. The Kier molecular flexibility index (Phi) is 3.96. The van der Waals surface area contributed by atoms with E-state index in [1.165, 1.54) is 4.68 Å². The highest BCUT2D eigenvalue weighted by Gasteiger charge is 2.22. The van der Waals surface area contributed by atoms with Crippen LogP contribution in [0.5, 0.6) is 5.88 Å². The molecule has 6 heteroatoms. The largest absolute Gasteiger partial charge is 0.411 e. The summed E-state index contributed by atoms with van der Waals surface area (Å²) in [4.78, 5) is 11.1. The van der Waals surface area contributed by atoms with Crippen LogP contribution in [0.4, 0.5) is 4.79 Å². The molecule has 2 N–H and O–H groups in total. The molecule has 0 unspecified atom stereocenters. The molecule has 0 spiro atoms. The Morgan fingerprint density at radius 3 is 2.52 bits per heavy atom.